The molecule has 0 bridgehead atoms. The lowest BCUT2D eigenvalue weighted by Gasteiger charge is -2.05. The molecule has 1 nitrogen and oxygen atoms in total. The van der Waals surface area contributed by atoms with E-state index in [4.69, 9.17) is 12.2 Å². The van der Waals surface area contributed by atoms with Crippen molar-refractivity contribution < 1.29 is 0 Å². The van der Waals surface area contributed by atoms with Crippen molar-refractivity contribution in [3.05, 3.63) is 48.0 Å². The van der Waals surface area contributed by atoms with Crippen LogP contribution >= 0.6 is 0 Å². The van der Waals surface area contributed by atoms with E-state index in [2.05, 4.69) is 36.3 Å². The molecule has 1 atom stereocenters. The van der Waals surface area contributed by atoms with Crippen molar-refractivity contribution in [2.45, 2.75) is 12.5 Å². The number of fused-ring (bicyclic) bond motifs is 1. The highest BCUT2D eigenvalue weighted by atomic mass is 14.6. The topological polar surface area (TPSA) is 26.0 Å². The van der Waals surface area contributed by atoms with Gasteiger partial charge in [0.25, 0.3) is 0 Å². The third-order valence-corrected chi connectivity index (χ3v) is 2.48. The summed E-state index contributed by atoms with van der Waals surface area (Å²) in [6.07, 6.45) is 5.99. The fourth-order valence-electron chi connectivity index (χ4n) is 1.68. The molecule has 2 aromatic rings. The van der Waals surface area contributed by atoms with Crippen molar-refractivity contribution in [3.8, 4) is 12.3 Å². The van der Waals surface area contributed by atoms with Crippen molar-refractivity contribution in [3.63, 3.8) is 0 Å². The van der Waals surface area contributed by atoms with Gasteiger partial charge in [-0.25, -0.2) is 0 Å². The van der Waals surface area contributed by atoms with Gasteiger partial charge in [0.2, 0.25) is 0 Å². The Morgan fingerprint density at radius 3 is 2.60 bits per heavy atom. The van der Waals surface area contributed by atoms with Crippen molar-refractivity contribution >= 4 is 10.8 Å². The summed E-state index contributed by atoms with van der Waals surface area (Å²) < 4.78 is 0. The second-order valence-corrected chi connectivity index (χ2v) is 3.66. The molecular weight excluding hydrogens is 182 g/mol. The van der Waals surface area contributed by atoms with E-state index in [9.17, 15) is 0 Å². The van der Waals surface area contributed by atoms with Crippen molar-refractivity contribution in [2.24, 2.45) is 5.73 Å². The van der Waals surface area contributed by atoms with Gasteiger partial charge in [-0.1, -0.05) is 48.4 Å². The molecule has 0 fully saturated rings. The Balaban J connectivity index is 2.35. The van der Waals surface area contributed by atoms with Gasteiger partial charge < -0.3 is 5.73 Å². The number of hydrogen-bond donors (Lipinski definition) is 1. The number of benzene rings is 2. The first kappa shape index (κ1) is 9.76. The smallest absolute Gasteiger partial charge is 0.0702 e. The van der Waals surface area contributed by atoms with Gasteiger partial charge in [0.05, 0.1) is 6.04 Å². The first-order valence-corrected chi connectivity index (χ1v) is 4.99. The van der Waals surface area contributed by atoms with E-state index in [0.717, 1.165) is 6.42 Å². The Morgan fingerprint density at radius 2 is 1.87 bits per heavy atom. The number of rotatable bonds is 2. The van der Waals surface area contributed by atoms with E-state index in [-0.39, 0.29) is 6.04 Å². The molecule has 0 saturated carbocycles. The fourth-order valence-corrected chi connectivity index (χ4v) is 1.68. The first-order valence-electron chi connectivity index (χ1n) is 4.99. The molecule has 1 unspecified atom stereocenters. The van der Waals surface area contributed by atoms with Crippen LogP contribution in [0.5, 0.6) is 0 Å². The molecule has 0 amide bonds. The lowest BCUT2D eigenvalue weighted by molar-refractivity contribution is 0.837. The molecule has 2 rings (SSSR count). The molecule has 0 aliphatic heterocycles. The molecular formula is C14H13N. The SMILES string of the molecule is C#CC(N)Cc1ccc2ccccc2c1. The summed E-state index contributed by atoms with van der Waals surface area (Å²) in [5.41, 5.74) is 6.91. The Hall–Kier alpha value is -1.78. The van der Waals surface area contributed by atoms with Crippen molar-refractivity contribution in [2.75, 3.05) is 0 Å². The molecule has 15 heavy (non-hydrogen) atoms. The van der Waals surface area contributed by atoms with Crippen LogP contribution in [0.2, 0.25) is 0 Å². The summed E-state index contributed by atoms with van der Waals surface area (Å²) in [6, 6.07) is 14.4. The lowest BCUT2D eigenvalue weighted by atomic mass is 10.0. The molecule has 0 heterocycles. The van der Waals surface area contributed by atoms with E-state index in [1.54, 1.807) is 0 Å². The second-order valence-electron chi connectivity index (χ2n) is 3.66. The summed E-state index contributed by atoms with van der Waals surface area (Å²) in [6.45, 7) is 0. The summed E-state index contributed by atoms with van der Waals surface area (Å²) in [5, 5.41) is 2.48. The maximum Gasteiger partial charge on any atom is 0.0702 e. The minimum atomic E-state index is -0.189. The van der Waals surface area contributed by atoms with Crippen LogP contribution in [-0.4, -0.2) is 6.04 Å². The van der Waals surface area contributed by atoms with Crippen LogP contribution in [0.4, 0.5) is 0 Å². The van der Waals surface area contributed by atoms with E-state index in [0.29, 0.717) is 0 Å². The van der Waals surface area contributed by atoms with E-state index in [1.807, 2.05) is 12.1 Å². The van der Waals surface area contributed by atoms with Crippen LogP contribution in [-0.2, 0) is 6.42 Å². The highest BCUT2D eigenvalue weighted by Crippen LogP contribution is 2.16. The van der Waals surface area contributed by atoms with Gasteiger partial charge in [-0.2, -0.15) is 0 Å². The predicted octanol–water partition coefficient (Wildman–Crippen LogP) is 2.34. The molecule has 0 aliphatic carbocycles. The van der Waals surface area contributed by atoms with Crippen LogP contribution in [0.15, 0.2) is 42.5 Å². The summed E-state index contributed by atoms with van der Waals surface area (Å²) in [7, 11) is 0. The van der Waals surface area contributed by atoms with Crippen molar-refractivity contribution in [1.29, 1.82) is 0 Å². The highest BCUT2D eigenvalue weighted by Gasteiger charge is 2.00. The first-order chi connectivity index (χ1) is 7.29. The molecule has 0 aliphatic rings. The zero-order valence-electron chi connectivity index (χ0n) is 8.48. The fraction of sp³-hybridized carbons (Fsp3) is 0.143. The maximum atomic E-state index is 5.71. The Bertz CT molecular complexity index is 508. The standard InChI is InChI=1S/C14H13N/c1-2-14(15)10-11-7-8-12-5-3-4-6-13(12)9-11/h1,3-9,14H,10,15H2. The van der Waals surface area contributed by atoms with Gasteiger partial charge in [0.1, 0.15) is 0 Å². The van der Waals surface area contributed by atoms with Gasteiger partial charge in [-0.15, -0.1) is 6.42 Å². The monoisotopic (exact) mass is 195 g/mol. The van der Waals surface area contributed by atoms with Gasteiger partial charge in [0, 0.05) is 0 Å². The normalized spacial score (nSPS) is 12.3. The largest absolute Gasteiger partial charge is 0.317 e. The zero-order valence-corrected chi connectivity index (χ0v) is 8.48. The Morgan fingerprint density at radius 1 is 1.13 bits per heavy atom. The zero-order chi connectivity index (χ0) is 10.7. The minimum absolute atomic E-state index is 0.189. The maximum absolute atomic E-state index is 5.71. The Kier molecular flexibility index (Phi) is 2.71. The number of nitrogens with two attached hydrogens (primary N) is 1. The molecule has 0 spiro atoms. The molecule has 74 valence electrons. The minimum Gasteiger partial charge on any atom is -0.317 e. The molecule has 2 N–H and O–H groups in total. The third kappa shape index (κ3) is 2.18. The van der Waals surface area contributed by atoms with E-state index in [1.165, 1.54) is 16.3 Å². The summed E-state index contributed by atoms with van der Waals surface area (Å²) in [4.78, 5) is 0. The average molecular weight is 195 g/mol. The van der Waals surface area contributed by atoms with Crippen molar-refractivity contribution in [1.82, 2.24) is 0 Å². The summed E-state index contributed by atoms with van der Waals surface area (Å²) in [5.74, 6) is 2.54. The number of terminal acetylenes is 1. The van der Waals surface area contributed by atoms with Gasteiger partial charge in [-0.3, -0.25) is 0 Å². The van der Waals surface area contributed by atoms with Crippen LogP contribution in [0.25, 0.3) is 10.8 Å². The van der Waals surface area contributed by atoms with E-state index < -0.39 is 0 Å². The quantitative estimate of drug-likeness (QED) is 0.731. The molecule has 1 heteroatoms. The summed E-state index contributed by atoms with van der Waals surface area (Å²) >= 11 is 0. The van der Waals surface area contributed by atoms with E-state index >= 15 is 0 Å². The Labute approximate surface area is 89.9 Å². The van der Waals surface area contributed by atoms with Gasteiger partial charge in [0.15, 0.2) is 0 Å². The van der Waals surface area contributed by atoms with Gasteiger partial charge >= 0.3 is 0 Å². The third-order valence-electron chi connectivity index (χ3n) is 2.48. The average Bonchev–Trinajstić information content (AvgIpc) is 2.29. The van der Waals surface area contributed by atoms with Crippen LogP contribution in [0, 0.1) is 12.3 Å². The van der Waals surface area contributed by atoms with Crippen LogP contribution < -0.4 is 5.73 Å². The molecule has 2 aromatic carbocycles. The second kappa shape index (κ2) is 4.16. The van der Waals surface area contributed by atoms with Crippen LogP contribution in [0.3, 0.4) is 0 Å². The molecule has 0 saturated heterocycles. The highest BCUT2D eigenvalue weighted by molar-refractivity contribution is 5.83. The lowest BCUT2D eigenvalue weighted by Crippen LogP contribution is -2.19. The molecule has 0 aromatic heterocycles. The predicted molar refractivity (Wildman–Crippen MR) is 64.5 cm³/mol. The van der Waals surface area contributed by atoms with Crippen LogP contribution in [0.1, 0.15) is 5.56 Å². The molecule has 0 radical (unpaired) electrons. The van der Waals surface area contributed by atoms with Gasteiger partial charge in [-0.05, 0) is 22.8 Å². The number of hydrogen-bond acceptors (Lipinski definition) is 1.